The van der Waals surface area contributed by atoms with Crippen molar-refractivity contribution >= 4 is 22.7 Å². The second-order valence-electron chi connectivity index (χ2n) is 5.29. The van der Waals surface area contributed by atoms with E-state index < -0.39 is 17.6 Å². The molecule has 0 saturated carbocycles. The Morgan fingerprint density at radius 1 is 1.38 bits per heavy atom. The largest absolute Gasteiger partial charge is 0.479 e. The van der Waals surface area contributed by atoms with Crippen LogP contribution in [0, 0.1) is 0 Å². The van der Waals surface area contributed by atoms with Gasteiger partial charge in [-0.3, -0.25) is 4.79 Å². The van der Waals surface area contributed by atoms with Crippen LogP contribution < -0.4 is 5.73 Å². The van der Waals surface area contributed by atoms with Crippen molar-refractivity contribution in [3.63, 3.8) is 0 Å². The molecule has 0 fully saturated rings. The van der Waals surface area contributed by atoms with E-state index in [1.165, 1.54) is 6.92 Å². The molecule has 0 bridgehead atoms. The van der Waals surface area contributed by atoms with Gasteiger partial charge < -0.3 is 20.9 Å². The number of hydrogen-bond acceptors (Lipinski definition) is 4. The van der Waals surface area contributed by atoms with E-state index in [1.54, 1.807) is 6.20 Å². The Morgan fingerprint density at radius 2 is 2.05 bits per heavy atom. The fourth-order valence-corrected chi connectivity index (χ4v) is 2.34. The zero-order valence-electron chi connectivity index (χ0n) is 11.7. The molecule has 1 heterocycles. The molecule has 0 aliphatic heterocycles. The summed E-state index contributed by atoms with van der Waals surface area (Å²) >= 11 is 0. The minimum absolute atomic E-state index is 0.118. The first-order valence-corrected chi connectivity index (χ1v) is 6.60. The molecule has 5 N–H and O–H groups in total. The lowest BCUT2D eigenvalue weighted by molar-refractivity contribution is -0.159. The van der Waals surface area contributed by atoms with Crippen molar-refractivity contribution in [1.82, 2.24) is 4.98 Å². The van der Waals surface area contributed by atoms with Crippen LogP contribution in [0.5, 0.6) is 0 Å². The van der Waals surface area contributed by atoms with Crippen LogP contribution in [0.25, 0.3) is 10.9 Å². The molecule has 2 aromatic rings. The fourth-order valence-electron chi connectivity index (χ4n) is 2.34. The molecule has 6 nitrogen and oxygen atoms in total. The predicted octanol–water partition coefficient (Wildman–Crippen LogP) is 0.832. The normalized spacial score (nSPS) is 15.6. The number of aliphatic carboxylic acids is 1. The molecule has 2 rings (SSSR count). The van der Waals surface area contributed by atoms with Crippen molar-refractivity contribution < 1.29 is 19.8 Å². The quantitative estimate of drug-likeness (QED) is 0.629. The maximum atomic E-state index is 11.4. The summed E-state index contributed by atoms with van der Waals surface area (Å²) in [5.41, 5.74) is 5.06. The molecule has 0 saturated heterocycles. The van der Waals surface area contributed by atoms with Gasteiger partial charge in [0.15, 0.2) is 5.60 Å². The summed E-state index contributed by atoms with van der Waals surface area (Å²) in [4.78, 5) is 25.7. The van der Waals surface area contributed by atoms with E-state index in [-0.39, 0.29) is 18.6 Å². The summed E-state index contributed by atoms with van der Waals surface area (Å²) < 4.78 is 0. The van der Waals surface area contributed by atoms with Gasteiger partial charge in [0.1, 0.15) is 5.78 Å². The first kappa shape index (κ1) is 15.2. The molecule has 112 valence electrons. The van der Waals surface area contributed by atoms with E-state index in [0.29, 0.717) is 5.56 Å². The number of aromatic nitrogens is 1. The molecule has 1 aromatic heterocycles. The van der Waals surface area contributed by atoms with Crippen molar-refractivity contribution in [3.8, 4) is 0 Å². The van der Waals surface area contributed by atoms with Gasteiger partial charge in [0, 0.05) is 29.9 Å². The third-order valence-corrected chi connectivity index (χ3v) is 3.64. The van der Waals surface area contributed by atoms with E-state index in [2.05, 4.69) is 4.98 Å². The topological polar surface area (TPSA) is 116 Å². The van der Waals surface area contributed by atoms with Gasteiger partial charge in [0.05, 0.1) is 6.04 Å². The lowest BCUT2D eigenvalue weighted by Crippen LogP contribution is -2.47. The smallest absolute Gasteiger partial charge is 0.336 e. The Morgan fingerprint density at radius 3 is 2.67 bits per heavy atom. The molecular formula is C15H18N2O4. The summed E-state index contributed by atoms with van der Waals surface area (Å²) in [5, 5.41) is 20.5. The Labute approximate surface area is 121 Å². The maximum absolute atomic E-state index is 11.4. The number of carboxylic acids is 1. The second kappa shape index (κ2) is 5.67. The molecule has 0 radical (unpaired) electrons. The van der Waals surface area contributed by atoms with Gasteiger partial charge in [-0.2, -0.15) is 0 Å². The Kier molecular flexibility index (Phi) is 4.11. The zero-order chi connectivity index (χ0) is 15.6. The summed E-state index contributed by atoms with van der Waals surface area (Å²) in [7, 11) is 0. The number of ketones is 1. The number of nitrogens with one attached hydrogen (secondary N) is 1. The summed E-state index contributed by atoms with van der Waals surface area (Å²) in [5.74, 6) is -1.74. The highest BCUT2D eigenvalue weighted by atomic mass is 16.4. The number of hydrogen-bond donors (Lipinski definition) is 4. The number of aromatic amines is 1. The van der Waals surface area contributed by atoms with E-state index in [0.717, 1.165) is 10.9 Å². The molecule has 1 aromatic carbocycles. The van der Waals surface area contributed by atoms with Crippen LogP contribution in [0.3, 0.4) is 0 Å². The summed E-state index contributed by atoms with van der Waals surface area (Å²) in [6.07, 6.45) is 1.22. The van der Waals surface area contributed by atoms with Gasteiger partial charge in [-0.15, -0.1) is 0 Å². The monoisotopic (exact) mass is 290 g/mol. The second-order valence-corrected chi connectivity index (χ2v) is 5.29. The number of carbonyl (C=O) groups is 2. The maximum Gasteiger partial charge on any atom is 0.336 e. The highest BCUT2D eigenvalue weighted by Gasteiger charge is 2.39. The average Bonchev–Trinajstić information content (AvgIpc) is 2.81. The summed E-state index contributed by atoms with van der Waals surface area (Å²) in [6.45, 7) is 1.28. The van der Waals surface area contributed by atoms with Gasteiger partial charge in [-0.05, 0) is 18.6 Å². The highest BCUT2D eigenvalue weighted by molar-refractivity contribution is 5.86. The van der Waals surface area contributed by atoms with Crippen LogP contribution in [0.2, 0.25) is 0 Å². The van der Waals surface area contributed by atoms with Gasteiger partial charge in [-0.1, -0.05) is 18.2 Å². The third kappa shape index (κ3) is 3.12. The van der Waals surface area contributed by atoms with E-state index in [9.17, 15) is 19.8 Å². The minimum atomic E-state index is -2.07. The Balaban J connectivity index is 2.31. The van der Waals surface area contributed by atoms with Crippen LogP contribution in [0.15, 0.2) is 30.5 Å². The first-order chi connectivity index (χ1) is 9.83. The summed E-state index contributed by atoms with van der Waals surface area (Å²) in [6, 6.07) is 6.39. The van der Waals surface area contributed by atoms with Crippen LogP contribution >= 0.6 is 0 Å². The Hall–Kier alpha value is -2.18. The van der Waals surface area contributed by atoms with Gasteiger partial charge in [0.2, 0.25) is 0 Å². The van der Waals surface area contributed by atoms with Crippen molar-refractivity contribution in [2.24, 2.45) is 5.73 Å². The minimum Gasteiger partial charge on any atom is -0.479 e. The SMILES string of the molecule is CC(=O)[C@H](N)C[C@](O)(Cc1c[nH]c2ccccc12)C(=O)O. The average molecular weight is 290 g/mol. The highest BCUT2D eigenvalue weighted by Crippen LogP contribution is 2.25. The number of benzene rings is 1. The lowest BCUT2D eigenvalue weighted by Gasteiger charge is -2.25. The van der Waals surface area contributed by atoms with E-state index in [1.807, 2.05) is 24.3 Å². The molecule has 0 aliphatic carbocycles. The van der Waals surface area contributed by atoms with E-state index in [4.69, 9.17) is 5.73 Å². The molecule has 0 spiro atoms. The number of rotatable bonds is 6. The molecule has 21 heavy (non-hydrogen) atoms. The van der Waals surface area contributed by atoms with Crippen molar-refractivity contribution in [1.29, 1.82) is 0 Å². The van der Waals surface area contributed by atoms with Crippen LogP contribution in [-0.2, 0) is 16.0 Å². The fraction of sp³-hybridized carbons (Fsp3) is 0.333. The zero-order valence-corrected chi connectivity index (χ0v) is 11.7. The van der Waals surface area contributed by atoms with Crippen LogP contribution in [-0.4, -0.2) is 38.6 Å². The standard InChI is InChI=1S/C15H18N2O4/c1-9(18)12(16)7-15(21,14(19)20)6-10-8-17-13-5-3-2-4-11(10)13/h2-5,8,12,17,21H,6-7,16H2,1H3,(H,19,20)/t12-,15-/m1/s1. The van der Waals surface area contributed by atoms with Crippen LogP contribution in [0.1, 0.15) is 18.9 Å². The number of carboxylic acid groups (broad SMARTS) is 1. The van der Waals surface area contributed by atoms with Crippen molar-refractivity contribution in [3.05, 3.63) is 36.0 Å². The molecule has 0 amide bonds. The number of fused-ring (bicyclic) bond motifs is 1. The molecule has 0 aliphatic rings. The van der Waals surface area contributed by atoms with Crippen LogP contribution in [0.4, 0.5) is 0 Å². The lowest BCUT2D eigenvalue weighted by atomic mass is 9.87. The van der Waals surface area contributed by atoms with Crippen molar-refractivity contribution in [2.45, 2.75) is 31.4 Å². The molecule has 6 heteroatoms. The van der Waals surface area contributed by atoms with Gasteiger partial charge in [0.25, 0.3) is 0 Å². The number of nitrogens with two attached hydrogens (primary N) is 1. The molecule has 2 atom stereocenters. The number of aliphatic hydroxyl groups is 1. The van der Waals surface area contributed by atoms with E-state index >= 15 is 0 Å². The van der Waals surface area contributed by atoms with Crippen molar-refractivity contribution in [2.75, 3.05) is 0 Å². The number of carbonyl (C=O) groups excluding carboxylic acids is 1. The predicted molar refractivity (Wildman–Crippen MR) is 77.9 cm³/mol. The number of Topliss-reactive ketones (excluding diaryl/α,β-unsaturated/α-hetero) is 1. The molecular weight excluding hydrogens is 272 g/mol. The first-order valence-electron chi connectivity index (χ1n) is 6.60. The Bertz CT molecular complexity index is 679. The molecule has 0 unspecified atom stereocenters. The van der Waals surface area contributed by atoms with Gasteiger partial charge >= 0.3 is 5.97 Å². The third-order valence-electron chi connectivity index (χ3n) is 3.64. The van der Waals surface area contributed by atoms with Gasteiger partial charge in [-0.25, -0.2) is 4.79 Å². The number of H-pyrrole nitrogens is 1. The number of para-hydroxylation sites is 1.